The van der Waals surface area contributed by atoms with Gasteiger partial charge in [-0.25, -0.2) is 4.39 Å². The van der Waals surface area contributed by atoms with Crippen molar-refractivity contribution in [3.05, 3.63) is 58.0 Å². The molecule has 1 amide bonds. The fourth-order valence-electron chi connectivity index (χ4n) is 3.56. The van der Waals surface area contributed by atoms with Crippen LogP contribution in [0.25, 0.3) is 0 Å². The van der Waals surface area contributed by atoms with Crippen molar-refractivity contribution in [2.45, 2.75) is 25.9 Å². The summed E-state index contributed by atoms with van der Waals surface area (Å²) in [4.78, 5) is 18.7. The van der Waals surface area contributed by atoms with Crippen LogP contribution in [-0.4, -0.2) is 54.5 Å². The molecule has 1 aromatic heterocycles. The highest BCUT2D eigenvalue weighted by Gasteiger charge is 2.30. The third kappa shape index (κ3) is 4.50. The van der Waals surface area contributed by atoms with Gasteiger partial charge >= 0.3 is 0 Å². The highest BCUT2D eigenvalue weighted by molar-refractivity contribution is 7.10. The van der Waals surface area contributed by atoms with Crippen LogP contribution in [0.1, 0.15) is 35.1 Å². The molecule has 1 aromatic carbocycles. The summed E-state index contributed by atoms with van der Waals surface area (Å²) in [6.45, 7) is 9.35. The number of hydrogen-bond donors (Lipinski definition) is 1. The van der Waals surface area contributed by atoms with Gasteiger partial charge in [-0.05, 0) is 43.1 Å². The minimum Gasteiger partial charge on any atom is -0.348 e. The van der Waals surface area contributed by atoms with Crippen LogP contribution in [0.15, 0.2) is 41.8 Å². The highest BCUT2D eigenvalue weighted by atomic mass is 32.1. The van der Waals surface area contributed by atoms with Gasteiger partial charge in [0.1, 0.15) is 5.82 Å². The maximum Gasteiger partial charge on any atom is 0.251 e. The number of thiophene rings is 1. The Balaban J connectivity index is 1.73. The second-order valence-corrected chi connectivity index (χ2v) is 7.68. The smallest absolute Gasteiger partial charge is 0.251 e. The number of amides is 1. The molecule has 0 radical (unpaired) electrons. The Morgan fingerprint density at radius 3 is 2.62 bits per heavy atom. The lowest BCUT2D eigenvalue weighted by atomic mass is 10.0. The second kappa shape index (κ2) is 8.75. The van der Waals surface area contributed by atoms with Crippen molar-refractivity contribution in [2.75, 3.05) is 32.7 Å². The molecule has 1 saturated heterocycles. The molecule has 2 atom stereocenters. The van der Waals surface area contributed by atoms with E-state index in [1.807, 2.05) is 6.92 Å². The lowest BCUT2D eigenvalue weighted by Gasteiger charge is -2.41. The number of nitrogens with zero attached hydrogens (tertiary/aromatic N) is 2. The normalized spacial score (nSPS) is 18.4. The number of halogens is 1. The average molecular weight is 376 g/mol. The van der Waals surface area contributed by atoms with Gasteiger partial charge in [0.05, 0.1) is 6.04 Å². The summed E-state index contributed by atoms with van der Waals surface area (Å²) < 4.78 is 13.4. The first-order chi connectivity index (χ1) is 12.6. The quantitative estimate of drug-likeness (QED) is 0.841. The number of rotatable bonds is 6. The van der Waals surface area contributed by atoms with Gasteiger partial charge in [0.15, 0.2) is 0 Å². The van der Waals surface area contributed by atoms with E-state index in [2.05, 4.69) is 39.6 Å². The van der Waals surface area contributed by atoms with Crippen LogP contribution in [-0.2, 0) is 0 Å². The maximum atomic E-state index is 13.4. The monoisotopic (exact) mass is 375 g/mol. The van der Waals surface area contributed by atoms with Gasteiger partial charge in [0.25, 0.3) is 5.91 Å². The molecule has 1 aliphatic rings. The number of benzene rings is 1. The second-order valence-electron chi connectivity index (χ2n) is 6.70. The zero-order valence-electron chi connectivity index (χ0n) is 15.3. The van der Waals surface area contributed by atoms with Gasteiger partial charge in [0, 0.05) is 42.7 Å². The van der Waals surface area contributed by atoms with E-state index in [4.69, 9.17) is 0 Å². The molecular formula is C20H26FN3OS. The zero-order chi connectivity index (χ0) is 18.5. The molecule has 2 aromatic rings. The first-order valence-corrected chi connectivity index (χ1v) is 10.0. The molecule has 140 valence electrons. The molecule has 26 heavy (non-hydrogen) atoms. The Bertz CT molecular complexity index is 714. The number of likely N-dealkylation sites (N-methyl/N-ethyl adjacent to an activating group) is 1. The van der Waals surface area contributed by atoms with Crippen molar-refractivity contribution in [1.29, 1.82) is 0 Å². The Kier molecular flexibility index (Phi) is 6.40. The Morgan fingerprint density at radius 2 is 2.00 bits per heavy atom. The fourth-order valence-corrected chi connectivity index (χ4v) is 4.52. The first-order valence-electron chi connectivity index (χ1n) is 9.14. The minimum absolute atomic E-state index is 0.0717. The molecule has 0 bridgehead atoms. The molecular weight excluding hydrogens is 349 g/mol. The van der Waals surface area contributed by atoms with Crippen LogP contribution >= 0.6 is 11.3 Å². The van der Waals surface area contributed by atoms with Crippen LogP contribution in [0.3, 0.4) is 0 Å². The topological polar surface area (TPSA) is 35.6 Å². The molecule has 2 heterocycles. The molecule has 0 saturated carbocycles. The molecule has 1 N–H and O–H groups in total. The average Bonchev–Trinajstić information content (AvgIpc) is 3.16. The molecule has 1 aliphatic heterocycles. The third-order valence-electron chi connectivity index (χ3n) is 5.00. The SMILES string of the molecule is CCN1CCN([C@@H](c2cccs2)[C@@H](C)NC(=O)c2cccc(F)c2)CC1. The molecule has 4 nitrogen and oxygen atoms in total. The van der Waals surface area contributed by atoms with Gasteiger partial charge in [-0.15, -0.1) is 11.3 Å². The number of carbonyl (C=O) groups excluding carboxylic acids is 1. The van der Waals surface area contributed by atoms with Gasteiger partial charge in [0.2, 0.25) is 0 Å². The van der Waals surface area contributed by atoms with E-state index in [9.17, 15) is 9.18 Å². The molecule has 6 heteroatoms. The van der Waals surface area contributed by atoms with E-state index in [-0.39, 0.29) is 18.0 Å². The van der Waals surface area contributed by atoms with Crippen molar-refractivity contribution in [3.8, 4) is 0 Å². The van der Waals surface area contributed by atoms with Gasteiger partial charge < -0.3 is 10.2 Å². The molecule has 0 aliphatic carbocycles. The fraction of sp³-hybridized carbons (Fsp3) is 0.450. The van der Waals surface area contributed by atoms with E-state index in [1.165, 1.54) is 17.0 Å². The van der Waals surface area contributed by atoms with Crippen molar-refractivity contribution in [3.63, 3.8) is 0 Å². The Hall–Kier alpha value is -1.76. The van der Waals surface area contributed by atoms with Crippen LogP contribution in [0.2, 0.25) is 0 Å². The Morgan fingerprint density at radius 1 is 1.23 bits per heavy atom. The highest BCUT2D eigenvalue weighted by Crippen LogP contribution is 2.29. The summed E-state index contributed by atoms with van der Waals surface area (Å²) in [5.74, 6) is -0.624. The summed E-state index contributed by atoms with van der Waals surface area (Å²) in [5.41, 5.74) is 0.359. The lowest BCUT2D eigenvalue weighted by Crippen LogP contribution is -2.52. The predicted molar refractivity (Wildman–Crippen MR) is 104 cm³/mol. The maximum absolute atomic E-state index is 13.4. The van der Waals surface area contributed by atoms with Crippen LogP contribution < -0.4 is 5.32 Å². The standard InChI is InChI=1S/C20H26FN3OS/c1-3-23-9-11-24(12-10-23)19(18-8-5-13-26-18)15(2)22-20(25)16-6-4-7-17(21)14-16/h4-8,13-15,19H,3,9-12H2,1-2H3,(H,22,25)/t15-,19-/m1/s1. The van der Waals surface area contributed by atoms with E-state index >= 15 is 0 Å². The number of nitrogens with one attached hydrogen (secondary N) is 1. The van der Waals surface area contributed by atoms with Gasteiger partial charge in [-0.1, -0.05) is 19.1 Å². The molecule has 1 fully saturated rings. The van der Waals surface area contributed by atoms with E-state index in [0.29, 0.717) is 5.56 Å². The summed E-state index contributed by atoms with van der Waals surface area (Å²) >= 11 is 1.72. The van der Waals surface area contributed by atoms with Crippen molar-refractivity contribution in [1.82, 2.24) is 15.1 Å². The summed E-state index contributed by atoms with van der Waals surface area (Å²) in [7, 11) is 0. The van der Waals surface area contributed by atoms with Crippen LogP contribution in [0.4, 0.5) is 4.39 Å². The van der Waals surface area contributed by atoms with E-state index in [1.54, 1.807) is 23.5 Å². The first kappa shape index (κ1) is 19.0. The van der Waals surface area contributed by atoms with Crippen molar-refractivity contribution in [2.24, 2.45) is 0 Å². The third-order valence-corrected chi connectivity index (χ3v) is 5.94. The number of piperazine rings is 1. The minimum atomic E-state index is -0.393. The van der Waals surface area contributed by atoms with Crippen LogP contribution in [0.5, 0.6) is 0 Å². The largest absolute Gasteiger partial charge is 0.348 e. The molecule has 0 unspecified atom stereocenters. The number of carbonyl (C=O) groups is 1. The van der Waals surface area contributed by atoms with Crippen molar-refractivity contribution < 1.29 is 9.18 Å². The Labute approximate surface area is 158 Å². The summed E-state index contributed by atoms with van der Waals surface area (Å²) in [5, 5.41) is 5.16. The van der Waals surface area contributed by atoms with Crippen molar-refractivity contribution >= 4 is 17.2 Å². The predicted octanol–water partition coefficient (Wildman–Crippen LogP) is 3.38. The van der Waals surface area contributed by atoms with Crippen LogP contribution in [0, 0.1) is 5.82 Å². The summed E-state index contributed by atoms with van der Waals surface area (Å²) in [6, 6.07) is 10.1. The summed E-state index contributed by atoms with van der Waals surface area (Å²) in [6.07, 6.45) is 0. The van der Waals surface area contributed by atoms with Gasteiger partial charge in [-0.2, -0.15) is 0 Å². The number of hydrogen-bond acceptors (Lipinski definition) is 4. The van der Waals surface area contributed by atoms with E-state index in [0.717, 1.165) is 32.7 Å². The van der Waals surface area contributed by atoms with Gasteiger partial charge in [-0.3, -0.25) is 9.69 Å². The lowest BCUT2D eigenvalue weighted by molar-refractivity contribution is 0.0753. The molecule has 3 rings (SSSR count). The zero-order valence-corrected chi connectivity index (χ0v) is 16.1. The molecule has 0 spiro atoms. The van der Waals surface area contributed by atoms with E-state index < -0.39 is 5.82 Å².